The van der Waals surface area contributed by atoms with Gasteiger partial charge in [0.1, 0.15) is 19.3 Å². The topological polar surface area (TPSA) is 96.5 Å². The fourth-order valence-electron chi connectivity index (χ4n) is 3.42. The van der Waals surface area contributed by atoms with Crippen LogP contribution in [0.4, 0.5) is 0 Å². The smallest absolute Gasteiger partial charge is 0.246 e. The van der Waals surface area contributed by atoms with Crippen LogP contribution in [0.5, 0.6) is 0 Å². The number of ether oxygens (including phenoxy) is 1. The summed E-state index contributed by atoms with van der Waals surface area (Å²) in [5.74, 6) is 1.67. The van der Waals surface area contributed by atoms with Crippen LogP contribution in [0.25, 0.3) is 0 Å². The Morgan fingerprint density at radius 2 is 2.12 bits per heavy atom. The van der Waals surface area contributed by atoms with E-state index in [-0.39, 0.29) is 43.0 Å². The molecule has 26 heavy (non-hydrogen) atoms. The predicted octanol–water partition coefficient (Wildman–Crippen LogP) is -0.187. The number of carbonyl (C=O) groups excluding carboxylic acids is 3. The molecule has 0 bridgehead atoms. The lowest BCUT2D eigenvalue weighted by atomic mass is 10.1. The fourth-order valence-corrected chi connectivity index (χ4v) is 3.42. The van der Waals surface area contributed by atoms with Crippen molar-refractivity contribution in [3.8, 4) is 12.3 Å². The van der Waals surface area contributed by atoms with Gasteiger partial charge in [0.2, 0.25) is 17.7 Å². The van der Waals surface area contributed by atoms with Gasteiger partial charge in [0, 0.05) is 6.42 Å². The molecule has 7 heteroatoms. The van der Waals surface area contributed by atoms with Crippen molar-refractivity contribution in [3.05, 3.63) is 35.4 Å². The van der Waals surface area contributed by atoms with Gasteiger partial charge in [0.05, 0.1) is 12.1 Å². The fraction of sp³-hybridized carbons (Fsp3) is 0.421. The van der Waals surface area contributed by atoms with Crippen LogP contribution in [0.1, 0.15) is 30.0 Å². The molecule has 1 unspecified atom stereocenters. The monoisotopic (exact) mass is 355 g/mol. The van der Waals surface area contributed by atoms with Crippen molar-refractivity contribution in [3.63, 3.8) is 0 Å². The number of amides is 3. The molecule has 1 heterocycles. The molecule has 1 aliphatic heterocycles. The highest BCUT2D eigenvalue weighted by Crippen LogP contribution is 2.31. The largest absolute Gasteiger partial charge is 0.359 e. The molecule has 3 N–H and O–H groups in total. The third-order valence-corrected chi connectivity index (χ3v) is 4.61. The molecule has 1 saturated heterocycles. The Labute approximate surface area is 151 Å². The van der Waals surface area contributed by atoms with Gasteiger partial charge in [-0.1, -0.05) is 30.2 Å². The second kappa shape index (κ2) is 8.02. The van der Waals surface area contributed by atoms with Gasteiger partial charge in [0.15, 0.2) is 0 Å². The highest BCUT2D eigenvalue weighted by molar-refractivity contribution is 5.91. The van der Waals surface area contributed by atoms with Gasteiger partial charge in [-0.3, -0.25) is 14.4 Å². The van der Waals surface area contributed by atoms with Gasteiger partial charge in [-0.2, -0.15) is 0 Å². The van der Waals surface area contributed by atoms with E-state index in [1.165, 1.54) is 0 Å². The number of benzene rings is 1. The molecule has 7 nitrogen and oxygen atoms in total. The first kappa shape index (κ1) is 18.0. The van der Waals surface area contributed by atoms with Crippen LogP contribution in [0.3, 0.4) is 0 Å². The average Bonchev–Trinajstić information content (AvgIpc) is 3.20. The van der Waals surface area contributed by atoms with Crippen LogP contribution in [0, 0.1) is 12.3 Å². The zero-order valence-corrected chi connectivity index (χ0v) is 14.3. The van der Waals surface area contributed by atoms with Crippen molar-refractivity contribution in [2.75, 3.05) is 13.2 Å². The van der Waals surface area contributed by atoms with Crippen molar-refractivity contribution in [2.45, 2.75) is 37.4 Å². The summed E-state index contributed by atoms with van der Waals surface area (Å²) < 4.78 is 5.07. The zero-order valence-electron chi connectivity index (χ0n) is 14.3. The van der Waals surface area contributed by atoms with Crippen LogP contribution in [-0.4, -0.2) is 43.0 Å². The molecular weight excluding hydrogens is 334 g/mol. The minimum absolute atomic E-state index is 0.0657. The first-order chi connectivity index (χ1) is 12.6. The summed E-state index contributed by atoms with van der Waals surface area (Å²) in [5.41, 5.74) is 2.04. The van der Waals surface area contributed by atoms with E-state index in [2.05, 4.69) is 21.9 Å². The molecule has 3 amide bonds. The van der Waals surface area contributed by atoms with Crippen LogP contribution in [-0.2, 0) is 25.5 Å². The molecule has 1 aromatic carbocycles. The molecule has 1 aromatic rings. The van der Waals surface area contributed by atoms with Crippen molar-refractivity contribution in [1.29, 1.82) is 0 Å². The number of rotatable bonds is 6. The Hall–Kier alpha value is -2.85. The van der Waals surface area contributed by atoms with E-state index >= 15 is 0 Å². The molecule has 1 fully saturated rings. The second-order valence-electron chi connectivity index (χ2n) is 6.42. The summed E-state index contributed by atoms with van der Waals surface area (Å²) in [6, 6.07) is 6.59. The molecule has 3 rings (SSSR count). The number of carbonyl (C=O) groups is 3. The Morgan fingerprint density at radius 3 is 2.85 bits per heavy atom. The summed E-state index contributed by atoms with van der Waals surface area (Å²) in [5, 5.41) is 8.55. The summed E-state index contributed by atoms with van der Waals surface area (Å²) in [6.07, 6.45) is 6.56. The molecule has 0 spiro atoms. The quantitative estimate of drug-likeness (QED) is 0.487. The normalized spacial score (nSPS) is 23.7. The van der Waals surface area contributed by atoms with Crippen molar-refractivity contribution in [2.24, 2.45) is 0 Å². The van der Waals surface area contributed by atoms with E-state index in [0.29, 0.717) is 19.3 Å². The third kappa shape index (κ3) is 4.03. The highest BCUT2D eigenvalue weighted by Gasteiger charge is 2.36. The van der Waals surface area contributed by atoms with Gasteiger partial charge in [-0.25, -0.2) is 0 Å². The Balaban J connectivity index is 1.67. The Kier molecular flexibility index (Phi) is 5.54. The lowest BCUT2D eigenvalue weighted by Crippen LogP contribution is -2.50. The molecule has 0 saturated carbocycles. The van der Waals surface area contributed by atoms with E-state index in [0.717, 1.165) is 11.1 Å². The van der Waals surface area contributed by atoms with E-state index in [9.17, 15) is 14.4 Å². The first-order valence-electron chi connectivity index (χ1n) is 8.56. The van der Waals surface area contributed by atoms with Crippen molar-refractivity contribution >= 4 is 17.7 Å². The maximum Gasteiger partial charge on any atom is 0.246 e. The number of terminal acetylenes is 1. The Morgan fingerprint density at radius 1 is 1.31 bits per heavy atom. The lowest BCUT2D eigenvalue weighted by molar-refractivity contribution is -0.128. The van der Waals surface area contributed by atoms with Crippen molar-refractivity contribution < 1.29 is 19.1 Å². The van der Waals surface area contributed by atoms with Crippen LogP contribution < -0.4 is 16.0 Å². The van der Waals surface area contributed by atoms with Crippen molar-refractivity contribution in [1.82, 2.24) is 16.0 Å². The third-order valence-electron chi connectivity index (χ3n) is 4.61. The van der Waals surface area contributed by atoms with Gasteiger partial charge in [0.25, 0.3) is 0 Å². The standard InChI is InChI=1S/C19H21N3O4/c1-2-9-26-11-17(24)22-18-13-6-4-3-5-12(13)10-15(18)21-19(25)14-7-8-16(23)20-14/h1,3-6,14-15,18H,7-11H2,(H,20,23)(H,21,25)(H,22,24)/t14?,15-,18-/m1/s1. The van der Waals surface area contributed by atoms with E-state index in [4.69, 9.17) is 11.2 Å². The number of hydrogen-bond acceptors (Lipinski definition) is 4. The number of nitrogens with one attached hydrogen (secondary N) is 3. The molecule has 0 radical (unpaired) electrons. The van der Waals surface area contributed by atoms with Gasteiger partial charge < -0.3 is 20.7 Å². The summed E-state index contributed by atoms with van der Waals surface area (Å²) >= 11 is 0. The number of hydrogen-bond donors (Lipinski definition) is 3. The maximum absolute atomic E-state index is 12.5. The lowest BCUT2D eigenvalue weighted by Gasteiger charge is -2.24. The van der Waals surface area contributed by atoms with Gasteiger partial charge in [-0.05, 0) is 24.0 Å². The summed E-state index contributed by atoms with van der Waals surface area (Å²) in [6.45, 7) is -0.0710. The highest BCUT2D eigenvalue weighted by atomic mass is 16.5. The molecule has 3 atom stereocenters. The molecule has 1 aliphatic carbocycles. The molecule has 136 valence electrons. The van der Waals surface area contributed by atoms with Crippen LogP contribution in [0.15, 0.2) is 24.3 Å². The average molecular weight is 355 g/mol. The minimum atomic E-state index is -0.512. The number of fused-ring (bicyclic) bond motifs is 1. The zero-order chi connectivity index (χ0) is 18.5. The maximum atomic E-state index is 12.5. The molecule has 2 aliphatic rings. The Bertz CT molecular complexity index is 755. The second-order valence-corrected chi connectivity index (χ2v) is 6.42. The van der Waals surface area contributed by atoms with E-state index in [1.807, 2.05) is 24.3 Å². The SMILES string of the molecule is C#CCOCC(=O)N[C@@H]1c2ccccc2C[C@H]1NC(=O)C1CCC(=O)N1. The molecular formula is C19H21N3O4. The van der Waals surface area contributed by atoms with Crippen LogP contribution in [0.2, 0.25) is 0 Å². The van der Waals surface area contributed by atoms with E-state index in [1.54, 1.807) is 0 Å². The first-order valence-corrected chi connectivity index (χ1v) is 8.56. The minimum Gasteiger partial charge on any atom is -0.359 e. The predicted molar refractivity (Wildman–Crippen MR) is 93.8 cm³/mol. The van der Waals surface area contributed by atoms with E-state index < -0.39 is 6.04 Å². The van der Waals surface area contributed by atoms with Gasteiger partial charge >= 0.3 is 0 Å². The molecule has 0 aromatic heterocycles. The summed E-state index contributed by atoms with van der Waals surface area (Å²) in [7, 11) is 0. The van der Waals surface area contributed by atoms with Crippen LogP contribution >= 0.6 is 0 Å². The summed E-state index contributed by atoms with van der Waals surface area (Å²) in [4.78, 5) is 35.9. The van der Waals surface area contributed by atoms with Gasteiger partial charge in [-0.15, -0.1) is 6.42 Å².